The van der Waals surface area contributed by atoms with Gasteiger partial charge >= 0.3 is 0 Å². The molecule has 2 nitrogen and oxygen atoms in total. The third kappa shape index (κ3) is 4.81. The van der Waals surface area contributed by atoms with Gasteiger partial charge in [0.1, 0.15) is 0 Å². The Morgan fingerprint density at radius 3 is 2.78 bits per heavy atom. The van der Waals surface area contributed by atoms with E-state index >= 15 is 0 Å². The fourth-order valence-corrected chi connectivity index (χ4v) is 0.326. The van der Waals surface area contributed by atoms with E-state index in [9.17, 15) is 0 Å². The molecule has 0 rings (SSSR count). The van der Waals surface area contributed by atoms with E-state index in [1.165, 1.54) is 0 Å². The largest absolute Gasteiger partial charge is 0.287 e. The fraction of sp³-hybridized carbons (Fsp3) is 0.286. The molecular weight excluding hydrogens is 112 g/mol. The highest BCUT2D eigenvalue weighted by molar-refractivity contribution is 5.22. The molecule has 0 aliphatic rings. The van der Waals surface area contributed by atoms with Crippen LogP contribution in [-0.4, -0.2) is 6.72 Å². The lowest BCUT2D eigenvalue weighted by atomic mass is 10.2. The number of allylic oxidation sites excluding steroid dienone is 2. The summed E-state index contributed by atoms with van der Waals surface area (Å²) in [5.41, 5.74) is 2.60. The van der Waals surface area contributed by atoms with Gasteiger partial charge in [0.25, 0.3) is 0 Å². The lowest BCUT2D eigenvalue weighted by molar-refractivity contribution is 0.901. The van der Waals surface area contributed by atoms with Crippen LogP contribution >= 0.6 is 0 Å². The number of hydrogen-bond acceptors (Lipinski definition) is 2. The second kappa shape index (κ2) is 5.09. The zero-order chi connectivity index (χ0) is 7.11. The number of rotatable bonds is 4. The predicted octanol–water partition coefficient (Wildman–Crippen LogP) is 1.53. The van der Waals surface area contributed by atoms with Gasteiger partial charge in [-0.15, -0.1) is 6.58 Å². The normalized spacial score (nSPS) is 13.0. The molecule has 0 bridgehead atoms. The summed E-state index contributed by atoms with van der Waals surface area (Å²) < 4.78 is 0. The van der Waals surface area contributed by atoms with Crippen LogP contribution in [0.4, 0.5) is 0 Å². The van der Waals surface area contributed by atoms with E-state index in [-0.39, 0.29) is 0 Å². The average molecular weight is 124 g/mol. The van der Waals surface area contributed by atoms with Crippen molar-refractivity contribution in [1.29, 1.82) is 0 Å². The molecule has 1 atom stereocenters. The number of hydrazone groups is 1. The maximum Gasteiger partial charge on any atom is 0.0165 e. The van der Waals surface area contributed by atoms with Crippen molar-refractivity contribution in [2.24, 2.45) is 11.0 Å². The van der Waals surface area contributed by atoms with Crippen LogP contribution in [0.2, 0.25) is 0 Å². The van der Waals surface area contributed by atoms with Crippen molar-refractivity contribution in [3.8, 4) is 0 Å². The van der Waals surface area contributed by atoms with Crippen molar-refractivity contribution >= 4 is 6.72 Å². The highest BCUT2D eigenvalue weighted by Gasteiger charge is 1.83. The van der Waals surface area contributed by atoms with Crippen molar-refractivity contribution in [1.82, 2.24) is 5.43 Å². The van der Waals surface area contributed by atoms with Crippen LogP contribution in [-0.2, 0) is 0 Å². The molecule has 2 heteroatoms. The highest BCUT2D eigenvalue weighted by Crippen LogP contribution is 1.94. The van der Waals surface area contributed by atoms with E-state index in [1.807, 2.05) is 19.1 Å². The Balaban J connectivity index is 3.42. The van der Waals surface area contributed by atoms with E-state index in [0.717, 1.165) is 0 Å². The summed E-state index contributed by atoms with van der Waals surface area (Å²) in [4.78, 5) is 0. The van der Waals surface area contributed by atoms with Gasteiger partial charge in [-0.3, -0.25) is 5.43 Å². The Kier molecular flexibility index (Phi) is 4.50. The Labute approximate surface area is 56.0 Å². The zero-order valence-electron chi connectivity index (χ0n) is 5.67. The molecular formula is C7H12N2. The lowest BCUT2D eigenvalue weighted by Crippen LogP contribution is -1.92. The van der Waals surface area contributed by atoms with Crippen LogP contribution < -0.4 is 5.43 Å². The third-order valence-electron chi connectivity index (χ3n) is 0.937. The summed E-state index contributed by atoms with van der Waals surface area (Å²) in [7, 11) is 0. The average Bonchev–Trinajstić information content (AvgIpc) is 1.89. The molecule has 0 aromatic heterocycles. The molecule has 0 fully saturated rings. The number of hydrogen-bond donors (Lipinski definition) is 1. The molecule has 1 unspecified atom stereocenters. The summed E-state index contributed by atoms with van der Waals surface area (Å²) in [6, 6.07) is 0. The molecule has 0 aromatic rings. The molecule has 0 aliphatic carbocycles. The first-order valence-corrected chi connectivity index (χ1v) is 2.81. The van der Waals surface area contributed by atoms with Crippen LogP contribution in [0.15, 0.2) is 30.0 Å². The molecule has 0 heterocycles. The van der Waals surface area contributed by atoms with Gasteiger partial charge in [0, 0.05) is 12.9 Å². The van der Waals surface area contributed by atoms with Crippen molar-refractivity contribution in [2.45, 2.75) is 6.92 Å². The molecule has 0 saturated carbocycles. The topological polar surface area (TPSA) is 24.4 Å². The van der Waals surface area contributed by atoms with E-state index in [0.29, 0.717) is 5.92 Å². The molecule has 0 aromatic carbocycles. The van der Waals surface area contributed by atoms with Gasteiger partial charge in [0.2, 0.25) is 0 Å². The lowest BCUT2D eigenvalue weighted by Gasteiger charge is -1.93. The maximum atomic E-state index is 3.61. The molecule has 0 radical (unpaired) electrons. The molecule has 50 valence electrons. The molecule has 1 N–H and O–H groups in total. The van der Waals surface area contributed by atoms with Crippen LogP contribution in [0.1, 0.15) is 6.92 Å². The van der Waals surface area contributed by atoms with Crippen molar-refractivity contribution < 1.29 is 0 Å². The van der Waals surface area contributed by atoms with E-state index < -0.39 is 0 Å². The van der Waals surface area contributed by atoms with Gasteiger partial charge in [-0.25, -0.2) is 0 Å². The predicted molar refractivity (Wildman–Crippen MR) is 41.2 cm³/mol. The Morgan fingerprint density at radius 2 is 2.33 bits per heavy atom. The molecule has 9 heavy (non-hydrogen) atoms. The molecule has 0 aliphatic heterocycles. The van der Waals surface area contributed by atoms with Gasteiger partial charge in [-0.1, -0.05) is 19.1 Å². The van der Waals surface area contributed by atoms with Gasteiger partial charge in [-0.05, 0) is 5.92 Å². The first-order chi connectivity index (χ1) is 4.31. The third-order valence-corrected chi connectivity index (χ3v) is 0.937. The maximum absolute atomic E-state index is 3.61. The Bertz CT molecular complexity index is 116. The van der Waals surface area contributed by atoms with Crippen molar-refractivity contribution in [2.75, 3.05) is 0 Å². The fourth-order valence-electron chi connectivity index (χ4n) is 0.326. The highest BCUT2D eigenvalue weighted by atomic mass is 15.3. The van der Waals surface area contributed by atoms with E-state index in [4.69, 9.17) is 0 Å². The SMILES string of the molecule is C=CC(C)/C=C\NN=C. The van der Waals surface area contributed by atoms with Crippen molar-refractivity contribution in [3.63, 3.8) is 0 Å². The minimum atomic E-state index is 0.388. The molecule has 0 spiro atoms. The second-order valence-electron chi connectivity index (χ2n) is 1.74. The standard InChI is InChI=1S/C7H12N2/c1-4-7(2)5-6-9-8-3/h4-7,9H,1,3H2,2H3/b6-5-. The monoisotopic (exact) mass is 124 g/mol. The smallest absolute Gasteiger partial charge is 0.0165 e. The van der Waals surface area contributed by atoms with Crippen LogP contribution in [0.5, 0.6) is 0 Å². The second-order valence-corrected chi connectivity index (χ2v) is 1.74. The minimum absolute atomic E-state index is 0.388. The number of nitrogens with zero attached hydrogens (tertiary/aromatic N) is 1. The van der Waals surface area contributed by atoms with Crippen LogP contribution in [0, 0.1) is 5.92 Å². The molecule has 0 amide bonds. The number of nitrogens with one attached hydrogen (secondary N) is 1. The van der Waals surface area contributed by atoms with E-state index in [1.54, 1.807) is 6.20 Å². The quantitative estimate of drug-likeness (QED) is 0.343. The molecule has 0 saturated heterocycles. The van der Waals surface area contributed by atoms with E-state index in [2.05, 4.69) is 23.8 Å². The van der Waals surface area contributed by atoms with Crippen LogP contribution in [0.25, 0.3) is 0 Å². The summed E-state index contributed by atoms with van der Waals surface area (Å²) in [5, 5.41) is 3.42. The van der Waals surface area contributed by atoms with Crippen molar-refractivity contribution in [3.05, 3.63) is 24.9 Å². The first-order valence-electron chi connectivity index (χ1n) is 2.81. The van der Waals surface area contributed by atoms with Crippen LogP contribution in [0.3, 0.4) is 0 Å². The van der Waals surface area contributed by atoms with Gasteiger partial charge in [0.05, 0.1) is 0 Å². The summed E-state index contributed by atoms with van der Waals surface area (Å²) >= 11 is 0. The van der Waals surface area contributed by atoms with Gasteiger partial charge < -0.3 is 0 Å². The zero-order valence-corrected chi connectivity index (χ0v) is 5.67. The summed E-state index contributed by atoms with van der Waals surface area (Å²) in [6.07, 6.45) is 5.53. The Hall–Kier alpha value is -1.05. The van der Waals surface area contributed by atoms with Gasteiger partial charge in [-0.2, -0.15) is 5.10 Å². The van der Waals surface area contributed by atoms with Gasteiger partial charge in [0.15, 0.2) is 0 Å². The Morgan fingerprint density at radius 1 is 1.67 bits per heavy atom. The summed E-state index contributed by atoms with van der Waals surface area (Å²) in [6.45, 7) is 8.90. The summed E-state index contributed by atoms with van der Waals surface area (Å²) in [5.74, 6) is 0.388. The minimum Gasteiger partial charge on any atom is -0.287 e. The first kappa shape index (κ1) is 7.95.